The first-order valence-electron chi connectivity index (χ1n) is 14.9. The number of anilines is 1. The number of hydrogen-bond donors (Lipinski definition) is 1. The number of nitrogens with one attached hydrogen (secondary N) is 1. The van der Waals surface area contributed by atoms with E-state index in [9.17, 15) is 13.2 Å². The van der Waals surface area contributed by atoms with Gasteiger partial charge >= 0.3 is 5.97 Å². The number of rotatable bonds is 12. The zero-order chi connectivity index (χ0) is 33.5. The fraction of sp³-hybridized carbons (Fsp3) is 0.343. The molecule has 1 heterocycles. The third kappa shape index (κ3) is 9.68. The molecular weight excluding hydrogens is 606 g/mol. The molecule has 0 aliphatic rings. The molecule has 0 aliphatic heterocycles. The van der Waals surface area contributed by atoms with Crippen molar-refractivity contribution in [3.05, 3.63) is 90.3 Å². The summed E-state index contributed by atoms with van der Waals surface area (Å²) in [7, 11) is -3.97. The Morgan fingerprint density at radius 1 is 0.761 bits per heavy atom. The van der Waals surface area contributed by atoms with Gasteiger partial charge in [0, 0.05) is 0 Å². The molecular formula is C35H41N3O7S. The number of benzene rings is 3. The standard InChI is InChI=1S/C35H41N3O7S/c1-24-8-10-25(11-9-24)31-32(38-46(40,41)29-18-12-26(13-19-29)34(2,3)4)36-23-37-33(31)43-21-20-42-27-14-16-28(17-15-27)44-22-30(39)45-35(5,6)7/h8-19,23H,20-22H2,1-7H3,(H,36,37,38). The number of ether oxygens (including phenoxy) is 4. The molecule has 0 saturated heterocycles. The van der Waals surface area contributed by atoms with Gasteiger partial charge in [-0.2, -0.15) is 0 Å². The first-order chi connectivity index (χ1) is 21.6. The highest BCUT2D eigenvalue weighted by molar-refractivity contribution is 7.92. The van der Waals surface area contributed by atoms with Gasteiger partial charge in [0.1, 0.15) is 36.6 Å². The Bertz CT molecular complexity index is 1730. The zero-order valence-corrected chi connectivity index (χ0v) is 28.1. The Morgan fingerprint density at radius 2 is 1.35 bits per heavy atom. The number of aryl methyl sites for hydroxylation is 1. The van der Waals surface area contributed by atoms with Crippen LogP contribution in [0.5, 0.6) is 17.4 Å². The minimum Gasteiger partial charge on any atom is -0.490 e. The van der Waals surface area contributed by atoms with Gasteiger partial charge in [0.2, 0.25) is 5.88 Å². The van der Waals surface area contributed by atoms with Gasteiger partial charge in [0.05, 0.1) is 10.5 Å². The Morgan fingerprint density at radius 3 is 1.93 bits per heavy atom. The second-order valence-electron chi connectivity index (χ2n) is 12.7. The van der Waals surface area contributed by atoms with Gasteiger partial charge in [0.15, 0.2) is 12.4 Å². The predicted molar refractivity (Wildman–Crippen MR) is 177 cm³/mol. The van der Waals surface area contributed by atoms with E-state index in [0.717, 1.165) is 11.1 Å². The van der Waals surface area contributed by atoms with Crippen LogP contribution in [0.2, 0.25) is 0 Å². The van der Waals surface area contributed by atoms with Gasteiger partial charge in [-0.15, -0.1) is 0 Å². The molecule has 1 N–H and O–H groups in total. The van der Waals surface area contributed by atoms with Gasteiger partial charge in [-0.05, 0) is 80.6 Å². The van der Waals surface area contributed by atoms with E-state index >= 15 is 0 Å². The molecule has 1 aromatic heterocycles. The molecule has 0 fully saturated rings. The van der Waals surface area contributed by atoms with E-state index < -0.39 is 21.6 Å². The molecule has 0 radical (unpaired) electrons. The highest BCUT2D eigenvalue weighted by Crippen LogP contribution is 2.35. The topological polar surface area (TPSA) is 126 Å². The lowest BCUT2D eigenvalue weighted by molar-refractivity contribution is -0.157. The lowest BCUT2D eigenvalue weighted by Crippen LogP contribution is -2.27. The zero-order valence-electron chi connectivity index (χ0n) is 27.3. The first kappa shape index (κ1) is 34.2. The van der Waals surface area contributed by atoms with Gasteiger partial charge in [-0.3, -0.25) is 4.72 Å². The Balaban J connectivity index is 1.44. The van der Waals surface area contributed by atoms with Crippen LogP contribution in [0.15, 0.2) is 84.0 Å². The summed E-state index contributed by atoms with van der Waals surface area (Å²) in [5, 5.41) is 0. The SMILES string of the molecule is Cc1ccc(-c2c(NS(=O)(=O)c3ccc(C(C)(C)C)cc3)ncnc2OCCOc2ccc(OCC(=O)OC(C)(C)C)cc2)cc1. The fourth-order valence-corrected chi connectivity index (χ4v) is 5.32. The molecule has 0 aliphatic carbocycles. The maximum absolute atomic E-state index is 13.4. The molecule has 0 saturated carbocycles. The normalized spacial score (nSPS) is 11.9. The Hall–Kier alpha value is -4.64. The molecule has 4 aromatic rings. The van der Waals surface area contributed by atoms with Crippen molar-refractivity contribution < 1.29 is 32.2 Å². The maximum atomic E-state index is 13.4. The summed E-state index contributed by atoms with van der Waals surface area (Å²) < 4.78 is 52.0. The molecule has 3 aromatic carbocycles. The van der Waals surface area contributed by atoms with Crippen molar-refractivity contribution in [3.63, 3.8) is 0 Å². The Labute approximate surface area is 271 Å². The van der Waals surface area contributed by atoms with Crippen molar-refractivity contribution in [2.45, 2.75) is 64.4 Å². The molecule has 10 nitrogen and oxygen atoms in total. The van der Waals surface area contributed by atoms with Crippen LogP contribution >= 0.6 is 0 Å². The monoisotopic (exact) mass is 647 g/mol. The molecule has 4 rings (SSSR count). The van der Waals surface area contributed by atoms with Gasteiger partial charge in [-0.25, -0.2) is 23.2 Å². The summed E-state index contributed by atoms with van der Waals surface area (Å²) in [6.45, 7) is 13.6. The smallest absolute Gasteiger partial charge is 0.344 e. The summed E-state index contributed by atoms with van der Waals surface area (Å²) in [6, 6.07) is 21.2. The molecule has 0 spiro atoms. The molecule has 0 unspecified atom stereocenters. The number of carbonyl (C=O) groups excluding carboxylic acids is 1. The summed E-state index contributed by atoms with van der Waals surface area (Å²) in [5.74, 6) is 0.912. The molecule has 0 atom stereocenters. The van der Waals surface area contributed by atoms with Crippen molar-refractivity contribution >= 4 is 21.8 Å². The minimum absolute atomic E-state index is 0.0941. The molecule has 0 bridgehead atoms. The van der Waals surface area contributed by atoms with E-state index in [0.29, 0.717) is 22.6 Å². The van der Waals surface area contributed by atoms with Crippen molar-refractivity contribution in [2.75, 3.05) is 24.5 Å². The summed E-state index contributed by atoms with van der Waals surface area (Å²) in [5.41, 5.74) is 2.46. The van der Waals surface area contributed by atoms with Crippen LogP contribution < -0.4 is 18.9 Å². The van der Waals surface area contributed by atoms with E-state index in [1.54, 1.807) is 57.2 Å². The van der Waals surface area contributed by atoms with Crippen LogP contribution in [0, 0.1) is 6.92 Å². The lowest BCUT2D eigenvalue weighted by Gasteiger charge is -2.19. The van der Waals surface area contributed by atoms with E-state index in [1.807, 2.05) is 43.3 Å². The fourth-order valence-electron chi connectivity index (χ4n) is 4.30. The predicted octanol–water partition coefficient (Wildman–Crippen LogP) is 6.73. The van der Waals surface area contributed by atoms with Gasteiger partial charge < -0.3 is 18.9 Å². The van der Waals surface area contributed by atoms with Crippen LogP contribution in [0.4, 0.5) is 5.82 Å². The van der Waals surface area contributed by atoms with E-state index in [1.165, 1.54) is 6.33 Å². The van der Waals surface area contributed by atoms with Crippen LogP contribution in [0.25, 0.3) is 11.1 Å². The largest absolute Gasteiger partial charge is 0.490 e. The van der Waals surface area contributed by atoms with E-state index in [-0.39, 0.29) is 41.8 Å². The molecule has 0 amide bonds. The summed E-state index contributed by atoms with van der Waals surface area (Å²) >= 11 is 0. The van der Waals surface area contributed by atoms with Crippen LogP contribution in [-0.4, -0.2) is 49.8 Å². The molecule has 244 valence electrons. The number of carbonyl (C=O) groups is 1. The first-order valence-corrected chi connectivity index (χ1v) is 16.3. The number of aromatic nitrogens is 2. The average molecular weight is 648 g/mol. The molecule has 11 heteroatoms. The van der Waals surface area contributed by atoms with Crippen molar-refractivity contribution in [2.24, 2.45) is 0 Å². The maximum Gasteiger partial charge on any atom is 0.344 e. The van der Waals surface area contributed by atoms with Crippen LogP contribution in [0.1, 0.15) is 52.7 Å². The van der Waals surface area contributed by atoms with Crippen LogP contribution in [0.3, 0.4) is 0 Å². The average Bonchev–Trinajstić information content (AvgIpc) is 2.98. The van der Waals surface area contributed by atoms with Crippen LogP contribution in [-0.2, 0) is 25.0 Å². The number of esters is 1. The summed E-state index contributed by atoms with van der Waals surface area (Å²) in [4.78, 5) is 20.6. The Kier molecular flexibility index (Phi) is 10.6. The molecule has 46 heavy (non-hydrogen) atoms. The second kappa shape index (κ2) is 14.2. The van der Waals surface area contributed by atoms with Gasteiger partial charge in [0.25, 0.3) is 10.0 Å². The van der Waals surface area contributed by atoms with Crippen molar-refractivity contribution in [1.82, 2.24) is 9.97 Å². The number of nitrogens with zero attached hydrogens (tertiary/aromatic N) is 2. The minimum atomic E-state index is -3.97. The summed E-state index contributed by atoms with van der Waals surface area (Å²) in [6.07, 6.45) is 1.25. The third-order valence-electron chi connectivity index (χ3n) is 6.61. The highest BCUT2D eigenvalue weighted by atomic mass is 32.2. The van der Waals surface area contributed by atoms with Gasteiger partial charge in [-0.1, -0.05) is 62.7 Å². The van der Waals surface area contributed by atoms with E-state index in [4.69, 9.17) is 18.9 Å². The second-order valence-corrected chi connectivity index (χ2v) is 14.4. The van der Waals surface area contributed by atoms with E-state index in [2.05, 4.69) is 35.5 Å². The number of sulfonamides is 1. The lowest BCUT2D eigenvalue weighted by atomic mass is 9.87. The quantitative estimate of drug-likeness (QED) is 0.132. The highest BCUT2D eigenvalue weighted by Gasteiger charge is 2.23. The van der Waals surface area contributed by atoms with Crippen molar-refractivity contribution in [1.29, 1.82) is 0 Å². The van der Waals surface area contributed by atoms with Crippen molar-refractivity contribution in [3.8, 4) is 28.5 Å². The number of hydrogen-bond acceptors (Lipinski definition) is 9. The third-order valence-corrected chi connectivity index (χ3v) is 7.96.